The summed E-state index contributed by atoms with van der Waals surface area (Å²) < 4.78 is 5.61. The van der Waals surface area contributed by atoms with Crippen molar-refractivity contribution >= 4 is 0 Å². The van der Waals surface area contributed by atoms with Crippen molar-refractivity contribution in [2.24, 2.45) is 17.4 Å². The average Bonchev–Trinajstić information content (AvgIpc) is 2.30. The molecule has 1 unspecified atom stereocenters. The predicted octanol–water partition coefficient (Wildman–Crippen LogP) is 2.11. The van der Waals surface area contributed by atoms with Crippen LogP contribution in [0.4, 0.5) is 0 Å². The Hall–Kier alpha value is -1.06. The van der Waals surface area contributed by atoms with Crippen molar-refractivity contribution in [2.45, 2.75) is 32.8 Å². The third-order valence-electron chi connectivity index (χ3n) is 3.09. The first-order valence-electron chi connectivity index (χ1n) is 6.25. The van der Waals surface area contributed by atoms with Gasteiger partial charge < -0.3 is 16.2 Å². The lowest BCUT2D eigenvalue weighted by Gasteiger charge is -2.21. The highest BCUT2D eigenvalue weighted by Gasteiger charge is 2.15. The Balaban J connectivity index is 2.72. The molecule has 0 aliphatic rings. The summed E-state index contributed by atoms with van der Waals surface area (Å²) in [4.78, 5) is 0. The van der Waals surface area contributed by atoms with E-state index in [1.165, 1.54) is 5.56 Å². The highest BCUT2D eigenvalue weighted by atomic mass is 16.5. The lowest BCUT2D eigenvalue weighted by Crippen LogP contribution is -2.27. The van der Waals surface area contributed by atoms with Crippen molar-refractivity contribution < 1.29 is 4.74 Å². The summed E-state index contributed by atoms with van der Waals surface area (Å²) in [5.74, 6) is 1.64. The van der Waals surface area contributed by atoms with Gasteiger partial charge in [0, 0.05) is 0 Å². The lowest BCUT2D eigenvalue weighted by atomic mass is 9.88. The van der Waals surface area contributed by atoms with E-state index < -0.39 is 0 Å². The zero-order chi connectivity index (χ0) is 12.8. The Bertz CT molecular complexity index is 317. The van der Waals surface area contributed by atoms with Crippen LogP contribution in [0.1, 0.15) is 32.3 Å². The molecule has 1 aromatic rings. The number of hydrogen-bond acceptors (Lipinski definition) is 3. The Kier molecular flexibility index (Phi) is 5.45. The van der Waals surface area contributed by atoms with Crippen LogP contribution < -0.4 is 16.2 Å². The molecule has 0 bridgehead atoms. The number of nitrogens with two attached hydrogens (primary N) is 2. The second kappa shape index (κ2) is 6.62. The summed E-state index contributed by atoms with van der Waals surface area (Å²) in [5.41, 5.74) is 12.7. The minimum Gasteiger partial charge on any atom is -0.491 e. The fraction of sp³-hybridized carbons (Fsp3) is 0.571. The fourth-order valence-electron chi connectivity index (χ4n) is 1.90. The smallest absolute Gasteiger partial charge is 0.119 e. The van der Waals surface area contributed by atoms with Gasteiger partial charge in [0.1, 0.15) is 5.75 Å². The van der Waals surface area contributed by atoms with Crippen LogP contribution in [-0.4, -0.2) is 19.2 Å². The summed E-state index contributed by atoms with van der Waals surface area (Å²) in [7, 11) is 0. The molecule has 0 fully saturated rings. The van der Waals surface area contributed by atoms with Gasteiger partial charge in [-0.1, -0.05) is 19.1 Å². The van der Waals surface area contributed by atoms with E-state index in [1.807, 2.05) is 26.0 Å². The van der Waals surface area contributed by atoms with Crippen LogP contribution in [0, 0.1) is 5.92 Å². The van der Waals surface area contributed by atoms with Crippen LogP contribution in [0.3, 0.4) is 0 Å². The monoisotopic (exact) mass is 236 g/mol. The molecule has 0 radical (unpaired) electrons. The number of ether oxygens (including phenoxy) is 1. The maximum absolute atomic E-state index is 5.71. The average molecular weight is 236 g/mol. The molecule has 0 amide bonds. The first kappa shape index (κ1) is 14.0. The second-order valence-corrected chi connectivity index (χ2v) is 4.76. The van der Waals surface area contributed by atoms with Crippen molar-refractivity contribution in [1.29, 1.82) is 0 Å². The number of hydrogen-bond donors (Lipinski definition) is 2. The van der Waals surface area contributed by atoms with Crippen LogP contribution in [-0.2, 0) is 0 Å². The largest absolute Gasteiger partial charge is 0.491 e. The van der Waals surface area contributed by atoms with Gasteiger partial charge in [-0.05, 0) is 56.5 Å². The minimum absolute atomic E-state index is 0.208. The summed E-state index contributed by atoms with van der Waals surface area (Å²) in [5, 5.41) is 0. The molecular weight excluding hydrogens is 212 g/mol. The molecule has 0 heterocycles. The first-order chi connectivity index (χ1) is 8.08. The van der Waals surface area contributed by atoms with Crippen molar-refractivity contribution in [1.82, 2.24) is 0 Å². The van der Waals surface area contributed by atoms with Gasteiger partial charge in [-0.25, -0.2) is 0 Å². The van der Waals surface area contributed by atoms with Gasteiger partial charge in [0.05, 0.1) is 6.10 Å². The second-order valence-electron chi connectivity index (χ2n) is 4.76. The van der Waals surface area contributed by atoms with Crippen molar-refractivity contribution in [3.05, 3.63) is 29.8 Å². The fourth-order valence-corrected chi connectivity index (χ4v) is 1.90. The first-order valence-corrected chi connectivity index (χ1v) is 6.25. The van der Waals surface area contributed by atoms with Crippen molar-refractivity contribution in [3.63, 3.8) is 0 Å². The summed E-state index contributed by atoms with van der Waals surface area (Å²) >= 11 is 0. The molecule has 3 heteroatoms. The molecule has 96 valence electrons. The summed E-state index contributed by atoms with van der Waals surface area (Å²) in [6.45, 7) is 7.47. The van der Waals surface area contributed by atoms with Crippen LogP contribution in [0.25, 0.3) is 0 Å². The quantitative estimate of drug-likeness (QED) is 0.795. The van der Waals surface area contributed by atoms with Gasteiger partial charge in [-0.2, -0.15) is 0 Å². The number of rotatable bonds is 6. The van der Waals surface area contributed by atoms with E-state index in [4.69, 9.17) is 16.2 Å². The van der Waals surface area contributed by atoms with E-state index in [1.54, 1.807) is 0 Å². The Morgan fingerprint density at radius 2 is 1.53 bits per heavy atom. The van der Waals surface area contributed by atoms with Crippen molar-refractivity contribution in [2.75, 3.05) is 13.1 Å². The van der Waals surface area contributed by atoms with Crippen LogP contribution in [0.15, 0.2) is 24.3 Å². The van der Waals surface area contributed by atoms with Gasteiger partial charge in [0.2, 0.25) is 0 Å². The van der Waals surface area contributed by atoms with Gasteiger partial charge in [0.25, 0.3) is 0 Å². The lowest BCUT2D eigenvalue weighted by molar-refractivity contribution is 0.242. The van der Waals surface area contributed by atoms with E-state index in [0.717, 1.165) is 5.75 Å². The summed E-state index contributed by atoms with van der Waals surface area (Å²) in [6.07, 6.45) is 0.208. The topological polar surface area (TPSA) is 61.3 Å². The third-order valence-corrected chi connectivity index (χ3v) is 3.09. The molecule has 0 aromatic heterocycles. The Morgan fingerprint density at radius 3 is 1.94 bits per heavy atom. The van der Waals surface area contributed by atoms with E-state index in [2.05, 4.69) is 19.1 Å². The van der Waals surface area contributed by atoms with Crippen LogP contribution in [0.5, 0.6) is 5.75 Å². The standard InChI is InChI=1S/C14H24N2O/c1-10(2)17-14-6-4-12(5-7-14)11(3)13(8-15)9-16/h4-7,10-11,13H,8-9,15-16H2,1-3H3. The zero-order valence-electron chi connectivity index (χ0n) is 11.0. The Labute approximate surface area is 104 Å². The predicted molar refractivity (Wildman–Crippen MR) is 72.2 cm³/mol. The van der Waals surface area contributed by atoms with Crippen LogP contribution >= 0.6 is 0 Å². The molecule has 4 N–H and O–H groups in total. The molecule has 0 saturated carbocycles. The molecule has 1 atom stereocenters. The van der Waals surface area contributed by atoms with Crippen LogP contribution in [0.2, 0.25) is 0 Å². The zero-order valence-corrected chi connectivity index (χ0v) is 11.0. The SMILES string of the molecule is CC(C)Oc1ccc(C(C)C(CN)CN)cc1. The highest BCUT2D eigenvalue weighted by molar-refractivity contribution is 5.29. The van der Waals surface area contributed by atoms with E-state index in [9.17, 15) is 0 Å². The third kappa shape index (κ3) is 4.02. The van der Waals surface area contributed by atoms with Crippen molar-refractivity contribution in [3.8, 4) is 5.75 Å². The highest BCUT2D eigenvalue weighted by Crippen LogP contribution is 2.25. The Morgan fingerprint density at radius 1 is 1.00 bits per heavy atom. The molecule has 17 heavy (non-hydrogen) atoms. The van der Waals surface area contributed by atoms with Gasteiger partial charge in [-0.15, -0.1) is 0 Å². The molecular formula is C14H24N2O. The van der Waals surface area contributed by atoms with Gasteiger partial charge in [0.15, 0.2) is 0 Å². The molecule has 1 aromatic carbocycles. The molecule has 3 nitrogen and oxygen atoms in total. The van der Waals surface area contributed by atoms with Gasteiger partial charge >= 0.3 is 0 Å². The molecule has 0 spiro atoms. The summed E-state index contributed by atoms with van der Waals surface area (Å²) in [6, 6.07) is 8.22. The maximum Gasteiger partial charge on any atom is 0.119 e. The number of benzene rings is 1. The maximum atomic E-state index is 5.71. The minimum atomic E-state index is 0.208. The van der Waals surface area contributed by atoms with E-state index in [-0.39, 0.29) is 6.10 Å². The van der Waals surface area contributed by atoms with E-state index in [0.29, 0.717) is 24.9 Å². The molecule has 0 saturated heterocycles. The van der Waals surface area contributed by atoms with Gasteiger partial charge in [-0.3, -0.25) is 0 Å². The molecule has 0 aliphatic carbocycles. The normalized spacial score (nSPS) is 13.1. The molecule has 0 aliphatic heterocycles. The molecule has 1 rings (SSSR count). The van der Waals surface area contributed by atoms with E-state index >= 15 is 0 Å².